The molecule has 0 bridgehead atoms. The van der Waals surface area contributed by atoms with E-state index in [1.165, 1.54) is 11.1 Å². The Morgan fingerprint density at radius 1 is 1.17 bits per heavy atom. The van der Waals surface area contributed by atoms with Crippen molar-refractivity contribution in [3.05, 3.63) is 56.7 Å². The van der Waals surface area contributed by atoms with Gasteiger partial charge in [-0.15, -0.1) is 0 Å². The highest BCUT2D eigenvalue weighted by atomic mass is 127. The molecule has 2 aromatic carbocycles. The second-order valence-corrected chi connectivity index (χ2v) is 7.02. The van der Waals surface area contributed by atoms with E-state index in [0.29, 0.717) is 17.1 Å². The SMILES string of the molecule is COc1cc(I)c(C(=O)N(C)C2CCc3ccccc32)cc1OC. The highest BCUT2D eigenvalue weighted by Gasteiger charge is 2.30. The van der Waals surface area contributed by atoms with E-state index in [1.807, 2.05) is 24.1 Å². The summed E-state index contributed by atoms with van der Waals surface area (Å²) in [5, 5.41) is 0. The van der Waals surface area contributed by atoms with Crippen LogP contribution in [0.1, 0.15) is 33.9 Å². The molecular formula is C19H20INO3. The van der Waals surface area contributed by atoms with Crippen LogP contribution in [0.15, 0.2) is 36.4 Å². The molecule has 0 spiro atoms. The molecule has 3 rings (SSSR count). The predicted octanol–water partition coefficient (Wildman–Crippen LogP) is 4.07. The summed E-state index contributed by atoms with van der Waals surface area (Å²) < 4.78 is 11.5. The van der Waals surface area contributed by atoms with Crippen molar-refractivity contribution in [2.45, 2.75) is 18.9 Å². The molecule has 1 aliphatic carbocycles. The van der Waals surface area contributed by atoms with E-state index in [-0.39, 0.29) is 11.9 Å². The van der Waals surface area contributed by atoms with E-state index in [0.717, 1.165) is 16.4 Å². The number of hydrogen-bond donors (Lipinski definition) is 0. The number of amides is 1. The standard InChI is InChI=1S/C19H20INO3/c1-21(16-9-8-12-6-4-5-7-13(12)16)19(22)14-10-17(23-2)18(24-3)11-15(14)20/h4-7,10-11,16H,8-9H2,1-3H3. The maximum atomic E-state index is 13.1. The van der Waals surface area contributed by atoms with Gasteiger partial charge in [-0.1, -0.05) is 24.3 Å². The number of ether oxygens (including phenoxy) is 2. The molecule has 0 N–H and O–H groups in total. The van der Waals surface area contributed by atoms with Gasteiger partial charge in [-0.2, -0.15) is 0 Å². The lowest BCUT2D eigenvalue weighted by atomic mass is 10.1. The number of methoxy groups -OCH3 is 2. The largest absolute Gasteiger partial charge is 0.493 e. The molecular weight excluding hydrogens is 417 g/mol. The average molecular weight is 437 g/mol. The Morgan fingerprint density at radius 3 is 2.54 bits per heavy atom. The zero-order valence-electron chi connectivity index (χ0n) is 14.0. The number of benzene rings is 2. The Labute approximate surface area is 155 Å². The first-order valence-corrected chi connectivity index (χ1v) is 8.91. The lowest BCUT2D eigenvalue weighted by molar-refractivity contribution is 0.0729. The summed E-state index contributed by atoms with van der Waals surface area (Å²) in [4.78, 5) is 14.9. The first-order valence-electron chi connectivity index (χ1n) is 7.83. The second-order valence-electron chi connectivity index (χ2n) is 5.86. The quantitative estimate of drug-likeness (QED) is 0.678. The maximum absolute atomic E-state index is 13.1. The van der Waals surface area contributed by atoms with Gasteiger partial charge in [0.2, 0.25) is 0 Å². The van der Waals surface area contributed by atoms with Gasteiger partial charge in [0.15, 0.2) is 11.5 Å². The monoisotopic (exact) mass is 437 g/mol. The maximum Gasteiger partial charge on any atom is 0.255 e. The van der Waals surface area contributed by atoms with Crippen LogP contribution in [0.4, 0.5) is 0 Å². The Balaban J connectivity index is 1.92. The van der Waals surface area contributed by atoms with Gasteiger partial charge in [-0.3, -0.25) is 4.79 Å². The van der Waals surface area contributed by atoms with Crippen LogP contribution in [0.3, 0.4) is 0 Å². The molecule has 0 heterocycles. The van der Waals surface area contributed by atoms with Crippen LogP contribution < -0.4 is 9.47 Å². The molecule has 1 amide bonds. The van der Waals surface area contributed by atoms with E-state index >= 15 is 0 Å². The number of carbonyl (C=O) groups excluding carboxylic acids is 1. The van der Waals surface area contributed by atoms with E-state index < -0.39 is 0 Å². The molecule has 2 aromatic rings. The molecule has 1 aliphatic rings. The molecule has 5 heteroatoms. The van der Waals surface area contributed by atoms with Crippen molar-refractivity contribution in [2.24, 2.45) is 0 Å². The lowest BCUT2D eigenvalue weighted by Gasteiger charge is -2.26. The van der Waals surface area contributed by atoms with Gasteiger partial charge in [-0.25, -0.2) is 0 Å². The zero-order valence-corrected chi connectivity index (χ0v) is 16.2. The molecule has 0 saturated heterocycles. The fraction of sp³-hybridized carbons (Fsp3) is 0.316. The Hall–Kier alpha value is -1.76. The third kappa shape index (κ3) is 2.97. The van der Waals surface area contributed by atoms with Gasteiger partial charge < -0.3 is 14.4 Å². The van der Waals surface area contributed by atoms with E-state index in [9.17, 15) is 4.79 Å². The third-order valence-electron chi connectivity index (χ3n) is 4.59. The Morgan fingerprint density at radius 2 is 1.83 bits per heavy atom. The van der Waals surface area contributed by atoms with Crippen molar-refractivity contribution in [3.63, 3.8) is 0 Å². The van der Waals surface area contributed by atoms with Crippen molar-refractivity contribution in [2.75, 3.05) is 21.3 Å². The molecule has 0 fully saturated rings. The smallest absolute Gasteiger partial charge is 0.255 e. The molecule has 1 unspecified atom stereocenters. The number of hydrogen-bond acceptors (Lipinski definition) is 3. The van der Waals surface area contributed by atoms with Gasteiger partial charge in [0.05, 0.1) is 25.8 Å². The van der Waals surface area contributed by atoms with Crippen molar-refractivity contribution in [1.82, 2.24) is 4.90 Å². The number of rotatable bonds is 4. The highest BCUT2D eigenvalue weighted by Crippen LogP contribution is 2.37. The van der Waals surface area contributed by atoms with Crippen LogP contribution in [0.5, 0.6) is 11.5 Å². The molecule has 126 valence electrons. The van der Waals surface area contributed by atoms with Crippen LogP contribution in [-0.4, -0.2) is 32.1 Å². The van der Waals surface area contributed by atoms with Crippen molar-refractivity contribution < 1.29 is 14.3 Å². The summed E-state index contributed by atoms with van der Waals surface area (Å²) in [6, 6.07) is 12.1. The lowest BCUT2D eigenvalue weighted by Crippen LogP contribution is -2.30. The minimum atomic E-state index is 0.00190. The van der Waals surface area contributed by atoms with E-state index in [4.69, 9.17) is 9.47 Å². The Kier molecular flexibility index (Phi) is 4.99. The van der Waals surface area contributed by atoms with E-state index in [1.54, 1.807) is 20.3 Å². The van der Waals surface area contributed by atoms with Crippen LogP contribution in [-0.2, 0) is 6.42 Å². The number of fused-ring (bicyclic) bond motifs is 1. The summed E-state index contributed by atoms with van der Waals surface area (Å²) in [7, 11) is 5.05. The fourth-order valence-electron chi connectivity index (χ4n) is 3.29. The van der Waals surface area contributed by atoms with Crippen LogP contribution in [0, 0.1) is 3.57 Å². The van der Waals surface area contributed by atoms with E-state index in [2.05, 4.69) is 40.8 Å². The average Bonchev–Trinajstić information content (AvgIpc) is 3.04. The van der Waals surface area contributed by atoms with Crippen molar-refractivity contribution >= 4 is 28.5 Å². The number of nitrogens with zero attached hydrogens (tertiary/aromatic N) is 1. The first kappa shape index (κ1) is 17.1. The van der Waals surface area contributed by atoms with Gasteiger partial charge in [0.25, 0.3) is 5.91 Å². The summed E-state index contributed by atoms with van der Waals surface area (Å²) in [5.41, 5.74) is 3.23. The first-order chi connectivity index (χ1) is 11.6. The minimum absolute atomic E-state index is 0.00190. The summed E-state index contributed by atoms with van der Waals surface area (Å²) in [6.45, 7) is 0. The molecule has 0 radical (unpaired) electrons. The normalized spacial score (nSPS) is 15.8. The van der Waals surface area contributed by atoms with Crippen LogP contribution in [0.2, 0.25) is 0 Å². The van der Waals surface area contributed by atoms with Crippen molar-refractivity contribution in [3.8, 4) is 11.5 Å². The molecule has 4 nitrogen and oxygen atoms in total. The molecule has 1 atom stereocenters. The zero-order chi connectivity index (χ0) is 17.3. The van der Waals surface area contributed by atoms with Gasteiger partial charge >= 0.3 is 0 Å². The van der Waals surface area contributed by atoms with Gasteiger partial charge in [0.1, 0.15) is 0 Å². The molecule has 0 aromatic heterocycles. The summed E-state index contributed by atoms with van der Waals surface area (Å²) in [5.74, 6) is 1.20. The molecule has 0 aliphatic heterocycles. The number of halogens is 1. The van der Waals surface area contributed by atoms with Crippen molar-refractivity contribution in [1.29, 1.82) is 0 Å². The van der Waals surface area contributed by atoms with Gasteiger partial charge in [0, 0.05) is 10.6 Å². The van der Waals surface area contributed by atoms with Gasteiger partial charge in [-0.05, 0) is 58.7 Å². The number of aryl methyl sites for hydroxylation is 1. The minimum Gasteiger partial charge on any atom is -0.493 e. The van der Waals surface area contributed by atoms with Crippen LogP contribution in [0.25, 0.3) is 0 Å². The molecule has 0 saturated carbocycles. The fourth-order valence-corrected chi connectivity index (χ4v) is 3.96. The summed E-state index contributed by atoms with van der Waals surface area (Å²) in [6.07, 6.45) is 1.98. The van der Waals surface area contributed by atoms with Crippen LogP contribution >= 0.6 is 22.6 Å². The highest BCUT2D eigenvalue weighted by molar-refractivity contribution is 14.1. The Bertz CT molecular complexity index is 775. The number of carbonyl (C=O) groups is 1. The predicted molar refractivity (Wildman–Crippen MR) is 102 cm³/mol. The summed E-state index contributed by atoms with van der Waals surface area (Å²) >= 11 is 2.17. The third-order valence-corrected chi connectivity index (χ3v) is 5.49. The topological polar surface area (TPSA) is 38.8 Å². The molecule has 24 heavy (non-hydrogen) atoms. The second kappa shape index (κ2) is 7.01.